The molecule has 1 aliphatic heterocycles. The molecule has 10 heteroatoms. The van der Waals surface area contributed by atoms with Gasteiger partial charge in [0.15, 0.2) is 0 Å². The molecule has 3 aromatic rings. The number of benzene rings is 2. The van der Waals surface area contributed by atoms with Crippen LogP contribution in [0.2, 0.25) is 0 Å². The first-order valence-electron chi connectivity index (χ1n) is 11.2. The van der Waals surface area contributed by atoms with Gasteiger partial charge >= 0.3 is 5.97 Å². The smallest absolute Gasteiger partial charge is 0.333 e. The standard InChI is InChI=1S/C25H24FN3O5S/c1-2-34-24(30)15-23-28(16-18-6-5-7-19(26)12-18)25(31)22(35-23)14-17-8-9-20(21(13-17)29(32)33)27-10-3-4-11-27/h5-9,12-15H,2-4,10-11,16H2,1H3/b22-14+,23-15-. The van der Waals surface area contributed by atoms with Crippen molar-refractivity contribution in [1.82, 2.24) is 4.57 Å². The van der Waals surface area contributed by atoms with Crippen LogP contribution in [0.25, 0.3) is 12.2 Å². The molecule has 0 aliphatic carbocycles. The Hall–Kier alpha value is -3.79. The molecule has 0 amide bonds. The molecule has 0 spiro atoms. The number of thiazole rings is 1. The summed E-state index contributed by atoms with van der Waals surface area (Å²) in [4.78, 5) is 38.7. The highest BCUT2D eigenvalue weighted by molar-refractivity contribution is 7.07. The van der Waals surface area contributed by atoms with Crippen molar-refractivity contribution in [3.63, 3.8) is 0 Å². The quantitative estimate of drug-likeness (QED) is 0.283. The van der Waals surface area contributed by atoms with Gasteiger partial charge in [-0.05, 0) is 55.2 Å². The number of ether oxygens (including phenoxy) is 1. The van der Waals surface area contributed by atoms with Crippen LogP contribution in [-0.4, -0.2) is 35.2 Å². The van der Waals surface area contributed by atoms with E-state index in [2.05, 4.69) is 0 Å². The molecule has 0 unspecified atom stereocenters. The number of nitrogens with zero attached hydrogens (tertiary/aromatic N) is 3. The monoisotopic (exact) mass is 497 g/mol. The summed E-state index contributed by atoms with van der Waals surface area (Å²) >= 11 is 1.07. The summed E-state index contributed by atoms with van der Waals surface area (Å²) in [5.74, 6) is -1.03. The molecule has 2 heterocycles. The fourth-order valence-corrected chi connectivity index (χ4v) is 5.08. The number of carbonyl (C=O) groups is 1. The Balaban J connectivity index is 1.81. The largest absolute Gasteiger partial charge is 0.463 e. The van der Waals surface area contributed by atoms with Gasteiger partial charge in [-0.1, -0.05) is 18.2 Å². The van der Waals surface area contributed by atoms with E-state index < -0.39 is 16.7 Å². The fraction of sp³-hybridized carbons (Fsp3) is 0.280. The van der Waals surface area contributed by atoms with E-state index in [9.17, 15) is 24.1 Å². The summed E-state index contributed by atoms with van der Waals surface area (Å²) < 4.78 is 20.7. The molecule has 2 aromatic carbocycles. The Morgan fingerprint density at radius 3 is 2.69 bits per heavy atom. The minimum Gasteiger partial charge on any atom is -0.463 e. The van der Waals surface area contributed by atoms with Crippen molar-refractivity contribution < 1.29 is 18.8 Å². The van der Waals surface area contributed by atoms with E-state index in [0.717, 1.165) is 37.3 Å². The zero-order chi connectivity index (χ0) is 24.9. The molecule has 0 atom stereocenters. The van der Waals surface area contributed by atoms with E-state index in [0.29, 0.717) is 26.0 Å². The zero-order valence-corrected chi connectivity index (χ0v) is 19.9. The second-order valence-corrected chi connectivity index (χ2v) is 9.13. The van der Waals surface area contributed by atoms with Crippen LogP contribution in [0.3, 0.4) is 0 Å². The van der Waals surface area contributed by atoms with E-state index in [4.69, 9.17) is 4.74 Å². The van der Waals surface area contributed by atoms with Crippen LogP contribution in [0.4, 0.5) is 15.8 Å². The molecule has 182 valence electrons. The molecular weight excluding hydrogens is 473 g/mol. The van der Waals surface area contributed by atoms with Crippen LogP contribution < -0.4 is 19.7 Å². The van der Waals surface area contributed by atoms with Crippen molar-refractivity contribution in [2.45, 2.75) is 26.3 Å². The number of anilines is 1. The molecule has 0 N–H and O–H groups in total. The van der Waals surface area contributed by atoms with E-state index in [1.165, 1.54) is 28.8 Å². The van der Waals surface area contributed by atoms with Crippen molar-refractivity contribution in [3.05, 3.63) is 89.1 Å². The first-order chi connectivity index (χ1) is 16.9. The summed E-state index contributed by atoms with van der Waals surface area (Å²) in [6.07, 6.45) is 4.78. The van der Waals surface area contributed by atoms with Crippen LogP contribution in [0, 0.1) is 15.9 Å². The maximum atomic E-state index is 13.7. The van der Waals surface area contributed by atoms with Gasteiger partial charge in [0, 0.05) is 19.2 Å². The molecule has 35 heavy (non-hydrogen) atoms. The average Bonchev–Trinajstić information content (AvgIpc) is 3.44. The minimum atomic E-state index is -0.598. The Morgan fingerprint density at radius 2 is 2.00 bits per heavy atom. The lowest BCUT2D eigenvalue weighted by atomic mass is 10.1. The predicted molar refractivity (Wildman–Crippen MR) is 133 cm³/mol. The normalized spacial score (nSPS) is 14.5. The van der Waals surface area contributed by atoms with Crippen molar-refractivity contribution >= 4 is 40.8 Å². The first-order valence-corrected chi connectivity index (χ1v) is 12.0. The van der Waals surface area contributed by atoms with Gasteiger partial charge in [-0.2, -0.15) is 0 Å². The predicted octanol–water partition coefficient (Wildman–Crippen LogP) is 2.78. The van der Waals surface area contributed by atoms with Gasteiger partial charge in [-0.15, -0.1) is 11.3 Å². The molecular formula is C25H24FN3O5S. The lowest BCUT2D eigenvalue weighted by Crippen LogP contribution is -2.32. The number of hydrogen-bond acceptors (Lipinski definition) is 7. The van der Waals surface area contributed by atoms with Crippen LogP contribution in [0.5, 0.6) is 0 Å². The lowest BCUT2D eigenvalue weighted by Gasteiger charge is -2.17. The van der Waals surface area contributed by atoms with Gasteiger partial charge in [0.2, 0.25) is 0 Å². The molecule has 1 saturated heterocycles. The molecule has 4 rings (SSSR count). The summed E-state index contributed by atoms with van der Waals surface area (Å²) in [5.41, 5.74) is 1.21. The number of nitro groups is 1. The van der Waals surface area contributed by atoms with Crippen LogP contribution >= 0.6 is 11.3 Å². The summed E-state index contributed by atoms with van der Waals surface area (Å²) in [5, 5.41) is 11.7. The number of carbonyl (C=O) groups excluding carboxylic acids is 1. The highest BCUT2D eigenvalue weighted by atomic mass is 32.1. The Bertz CT molecular complexity index is 1440. The third kappa shape index (κ3) is 5.65. The second kappa shape index (κ2) is 10.6. The number of nitro benzene ring substituents is 1. The number of hydrogen-bond donors (Lipinski definition) is 0. The van der Waals surface area contributed by atoms with Crippen LogP contribution in [0.15, 0.2) is 47.3 Å². The van der Waals surface area contributed by atoms with Crippen molar-refractivity contribution in [2.24, 2.45) is 0 Å². The third-order valence-electron chi connectivity index (χ3n) is 5.63. The van der Waals surface area contributed by atoms with Gasteiger partial charge in [-0.25, -0.2) is 9.18 Å². The van der Waals surface area contributed by atoms with Gasteiger partial charge in [-0.3, -0.25) is 19.5 Å². The van der Waals surface area contributed by atoms with E-state index in [-0.39, 0.29) is 24.4 Å². The Kier molecular flexibility index (Phi) is 7.40. The van der Waals surface area contributed by atoms with Gasteiger partial charge in [0.05, 0.1) is 28.7 Å². The summed E-state index contributed by atoms with van der Waals surface area (Å²) in [6, 6.07) is 10.8. The molecule has 1 aliphatic rings. The molecule has 1 aromatic heterocycles. The summed E-state index contributed by atoms with van der Waals surface area (Å²) in [7, 11) is 0. The first kappa shape index (κ1) is 24.3. The van der Waals surface area contributed by atoms with Gasteiger partial charge < -0.3 is 9.64 Å². The van der Waals surface area contributed by atoms with Crippen molar-refractivity contribution in [2.75, 3.05) is 24.6 Å². The Morgan fingerprint density at radius 1 is 1.23 bits per heavy atom. The summed E-state index contributed by atoms with van der Waals surface area (Å²) in [6.45, 7) is 3.46. The van der Waals surface area contributed by atoms with Crippen LogP contribution in [-0.2, 0) is 16.1 Å². The van der Waals surface area contributed by atoms with Crippen molar-refractivity contribution in [3.8, 4) is 0 Å². The maximum Gasteiger partial charge on any atom is 0.333 e. The maximum absolute atomic E-state index is 13.7. The topological polar surface area (TPSA) is 94.7 Å². The lowest BCUT2D eigenvalue weighted by molar-refractivity contribution is -0.384. The molecule has 0 saturated carbocycles. The molecule has 0 radical (unpaired) electrons. The highest BCUT2D eigenvalue weighted by Crippen LogP contribution is 2.31. The fourth-order valence-electron chi connectivity index (χ4n) is 4.05. The second-order valence-electron chi connectivity index (χ2n) is 8.07. The number of aromatic nitrogens is 1. The van der Waals surface area contributed by atoms with Crippen molar-refractivity contribution in [1.29, 1.82) is 0 Å². The number of halogens is 1. The average molecular weight is 498 g/mol. The van der Waals surface area contributed by atoms with Gasteiger partial charge in [0.1, 0.15) is 16.2 Å². The number of esters is 1. The highest BCUT2D eigenvalue weighted by Gasteiger charge is 2.22. The Labute approximate surface area is 204 Å². The van der Waals surface area contributed by atoms with E-state index in [1.807, 2.05) is 4.90 Å². The number of rotatable bonds is 7. The third-order valence-corrected chi connectivity index (χ3v) is 6.69. The molecule has 0 bridgehead atoms. The molecule has 8 nitrogen and oxygen atoms in total. The SMILES string of the molecule is CCOC(=O)/C=c1\s/c(=C/c2ccc(N3CCCC3)c([N+](=O)[O-])c2)c(=O)n1Cc1cccc(F)c1. The van der Waals surface area contributed by atoms with E-state index in [1.54, 1.807) is 37.3 Å². The van der Waals surface area contributed by atoms with Crippen LogP contribution in [0.1, 0.15) is 30.9 Å². The van der Waals surface area contributed by atoms with Gasteiger partial charge in [0.25, 0.3) is 11.2 Å². The minimum absolute atomic E-state index is 0.0180. The van der Waals surface area contributed by atoms with E-state index >= 15 is 0 Å². The zero-order valence-electron chi connectivity index (χ0n) is 19.1. The molecule has 1 fully saturated rings.